The molecule has 0 atom stereocenters. The van der Waals surface area contributed by atoms with E-state index in [0.717, 1.165) is 72.2 Å². The molecule has 230 valence electrons. The first kappa shape index (κ1) is 27.5. The van der Waals surface area contributed by atoms with Crippen molar-refractivity contribution in [3.05, 3.63) is 170 Å². The minimum Gasteiger partial charge on any atom is -0.456 e. The van der Waals surface area contributed by atoms with Crippen molar-refractivity contribution in [2.45, 2.75) is 0 Å². The first-order chi connectivity index (χ1) is 24.3. The van der Waals surface area contributed by atoms with Crippen molar-refractivity contribution in [3.63, 3.8) is 0 Å². The van der Waals surface area contributed by atoms with Gasteiger partial charge in [-0.15, -0.1) is 0 Å². The van der Waals surface area contributed by atoms with Crippen LogP contribution in [0.5, 0.6) is 0 Å². The number of aromatic nitrogens is 1. The molecule has 10 aromatic rings. The van der Waals surface area contributed by atoms with Gasteiger partial charge in [-0.3, -0.25) is 4.98 Å². The summed E-state index contributed by atoms with van der Waals surface area (Å²) in [7, 11) is 0. The molecule has 3 aromatic heterocycles. The van der Waals surface area contributed by atoms with E-state index in [4.69, 9.17) is 13.8 Å². The number of fused-ring (bicyclic) bond motifs is 8. The van der Waals surface area contributed by atoms with E-state index < -0.39 is 0 Å². The van der Waals surface area contributed by atoms with Gasteiger partial charge in [0, 0.05) is 44.2 Å². The molecule has 0 N–H and O–H groups in total. The van der Waals surface area contributed by atoms with E-state index in [1.54, 1.807) is 0 Å². The normalized spacial score (nSPS) is 11.7. The number of para-hydroxylation sites is 1. The Kier molecular flexibility index (Phi) is 6.15. The Morgan fingerprint density at radius 2 is 1.00 bits per heavy atom. The Balaban J connectivity index is 1.08. The maximum Gasteiger partial charge on any atom is 0.153 e. The summed E-state index contributed by atoms with van der Waals surface area (Å²) in [4.78, 5) is 7.12. The maximum absolute atomic E-state index is 6.21. The second kappa shape index (κ2) is 11.0. The molecule has 0 radical (unpaired) electrons. The van der Waals surface area contributed by atoms with Crippen LogP contribution < -0.4 is 4.90 Å². The molecule has 0 amide bonds. The average Bonchev–Trinajstić information content (AvgIpc) is 3.74. The van der Waals surface area contributed by atoms with Gasteiger partial charge < -0.3 is 13.7 Å². The first-order valence-corrected chi connectivity index (χ1v) is 16.4. The van der Waals surface area contributed by atoms with Gasteiger partial charge in [0.15, 0.2) is 5.58 Å². The van der Waals surface area contributed by atoms with Crippen LogP contribution in [0.1, 0.15) is 0 Å². The lowest BCUT2D eigenvalue weighted by Crippen LogP contribution is -2.09. The van der Waals surface area contributed by atoms with Crippen LogP contribution in [-0.4, -0.2) is 4.98 Å². The van der Waals surface area contributed by atoms with Gasteiger partial charge in [0.2, 0.25) is 0 Å². The second-order valence-corrected chi connectivity index (χ2v) is 12.4. The van der Waals surface area contributed by atoms with Crippen molar-refractivity contribution in [1.29, 1.82) is 0 Å². The van der Waals surface area contributed by atoms with E-state index in [1.807, 2.05) is 24.4 Å². The average molecular weight is 629 g/mol. The van der Waals surface area contributed by atoms with Crippen molar-refractivity contribution in [1.82, 2.24) is 4.98 Å². The van der Waals surface area contributed by atoms with Crippen LogP contribution in [0.4, 0.5) is 17.1 Å². The maximum atomic E-state index is 6.21. The zero-order chi connectivity index (χ0) is 32.3. The molecular weight excluding hydrogens is 601 g/mol. The Morgan fingerprint density at radius 1 is 0.388 bits per heavy atom. The number of furan rings is 2. The van der Waals surface area contributed by atoms with Crippen LogP contribution in [0.25, 0.3) is 77.0 Å². The first-order valence-electron chi connectivity index (χ1n) is 16.4. The van der Waals surface area contributed by atoms with E-state index in [-0.39, 0.29) is 0 Å². The van der Waals surface area contributed by atoms with Crippen LogP contribution in [0.2, 0.25) is 0 Å². The summed E-state index contributed by atoms with van der Waals surface area (Å²) in [5.41, 5.74) is 10.9. The topological polar surface area (TPSA) is 42.4 Å². The van der Waals surface area contributed by atoms with E-state index in [0.29, 0.717) is 0 Å². The van der Waals surface area contributed by atoms with Crippen LogP contribution >= 0.6 is 0 Å². The lowest BCUT2D eigenvalue weighted by atomic mass is 10.0. The lowest BCUT2D eigenvalue weighted by Gasteiger charge is -2.26. The Morgan fingerprint density at radius 3 is 1.82 bits per heavy atom. The van der Waals surface area contributed by atoms with Crippen LogP contribution in [-0.2, 0) is 0 Å². The minimum atomic E-state index is 0.791. The fraction of sp³-hybridized carbons (Fsp3) is 0. The summed E-state index contributed by atoms with van der Waals surface area (Å²) in [6.45, 7) is 0. The molecule has 3 heterocycles. The molecule has 0 unspecified atom stereocenters. The molecule has 10 rings (SSSR count). The van der Waals surface area contributed by atoms with Crippen molar-refractivity contribution in [3.8, 4) is 22.4 Å². The quantitative estimate of drug-likeness (QED) is 0.190. The predicted octanol–water partition coefficient (Wildman–Crippen LogP) is 12.8. The molecule has 0 aliphatic heterocycles. The Labute approximate surface area is 282 Å². The highest BCUT2D eigenvalue weighted by Crippen LogP contribution is 2.41. The number of nitrogens with zero attached hydrogens (tertiary/aromatic N) is 2. The third-order valence-electron chi connectivity index (χ3n) is 9.52. The largest absolute Gasteiger partial charge is 0.456 e. The zero-order valence-electron chi connectivity index (χ0n) is 26.4. The summed E-state index contributed by atoms with van der Waals surface area (Å²) < 4.78 is 12.4. The SMILES string of the molecule is c1ccc(-c2ccc(N(c3ccc(-c4cc5c(cn4)oc4ccc6ccccc6c45)cc3)c3ccc4oc5ccccc5c4c3)cc2)cc1. The van der Waals surface area contributed by atoms with Gasteiger partial charge in [-0.25, -0.2) is 0 Å². The predicted molar refractivity (Wildman–Crippen MR) is 202 cm³/mol. The summed E-state index contributed by atoms with van der Waals surface area (Å²) in [6, 6.07) is 57.3. The molecule has 0 bridgehead atoms. The van der Waals surface area contributed by atoms with Gasteiger partial charge in [0.25, 0.3) is 0 Å². The van der Waals surface area contributed by atoms with E-state index in [9.17, 15) is 0 Å². The van der Waals surface area contributed by atoms with Crippen LogP contribution in [0.15, 0.2) is 179 Å². The van der Waals surface area contributed by atoms with E-state index >= 15 is 0 Å². The molecule has 0 saturated carbocycles. The number of anilines is 3. The van der Waals surface area contributed by atoms with Gasteiger partial charge in [-0.2, -0.15) is 0 Å². The number of hydrogen-bond acceptors (Lipinski definition) is 4. The van der Waals surface area contributed by atoms with Gasteiger partial charge >= 0.3 is 0 Å². The molecule has 0 spiro atoms. The second-order valence-electron chi connectivity index (χ2n) is 12.4. The molecule has 0 saturated heterocycles. The van der Waals surface area contributed by atoms with E-state index in [1.165, 1.54) is 21.9 Å². The van der Waals surface area contributed by atoms with E-state index in [2.05, 4.69) is 150 Å². The molecule has 0 aliphatic carbocycles. The lowest BCUT2D eigenvalue weighted by molar-refractivity contribution is 0.667. The molecule has 4 heteroatoms. The third kappa shape index (κ3) is 4.57. The number of hydrogen-bond donors (Lipinski definition) is 0. The van der Waals surface area contributed by atoms with Gasteiger partial charge in [0.05, 0.1) is 11.9 Å². The smallest absolute Gasteiger partial charge is 0.153 e. The highest BCUT2D eigenvalue weighted by molar-refractivity contribution is 6.19. The summed E-state index contributed by atoms with van der Waals surface area (Å²) in [5, 5.41) is 6.77. The molecular formula is C45H28N2O2. The van der Waals surface area contributed by atoms with Crippen LogP contribution in [0, 0.1) is 0 Å². The molecule has 7 aromatic carbocycles. The summed E-state index contributed by atoms with van der Waals surface area (Å²) in [5.74, 6) is 0. The molecule has 0 fully saturated rings. The summed E-state index contributed by atoms with van der Waals surface area (Å²) in [6.07, 6.45) is 1.85. The molecule has 0 aliphatic rings. The Bertz CT molecular complexity index is 2810. The monoisotopic (exact) mass is 628 g/mol. The van der Waals surface area contributed by atoms with Crippen molar-refractivity contribution < 1.29 is 8.83 Å². The van der Waals surface area contributed by atoms with Crippen molar-refractivity contribution in [2.24, 2.45) is 0 Å². The number of benzene rings is 7. The standard InChI is InChI=1S/C45H28N2O2/c1-2-8-29(9-3-1)30-14-19-33(20-15-30)47(35-23-25-42-38(26-35)37-12-6-7-13-41(37)48-42)34-21-16-32(17-22-34)40-27-39-44(28-46-40)49-43-24-18-31-10-4-5-11-36(31)45(39)43/h1-28H. The molecule has 4 nitrogen and oxygen atoms in total. The zero-order valence-corrected chi connectivity index (χ0v) is 26.4. The third-order valence-corrected chi connectivity index (χ3v) is 9.52. The highest BCUT2D eigenvalue weighted by atomic mass is 16.3. The fourth-order valence-corrected chi connectivity index (χ4v) is 7.13. The molecule has 49 heavy (non-hydrogen) atoms. The Hall–Kier alpha value is -6.65. The van der Waals surface area contributed by atoms with Crippen molar-refractivity contribution in [2.75, 3.05) is 4.90 Å². The van der Waals surface area contributed by atoms with Crippen molar-refractivity contribution >= 4 is 71.7 Å². The highest BCUT2D eigenvalue weighted by Gasteiger charge is 2.17. The summed E-state index contributed by atoms with van der Waals surface area (Å²) >= 11 is 0. The van der Waals surface area contributed by atoms with Gasteiger partial charge in [-0.1, -0.05) is 103 Å². The van der Waals surface area contributed by atoms with Gasteiger partial charge in [0.1, 0.15) is 16.7 Å². The van der Waals surface area contributed by atoms with Gasteiger partial charge in [-0.05, 0) is 82.6 Å². The fourth-order valence-electron chi connectivity index (χ4n) is 7.13. The number of rotatable bonds is 5. The number of pyridine rings is 1. The van der Waals surface area contributed by atoms with Crippen LogP contribution in [0.3, 0.4) is 0 Å². The minimum absolute atomic E-state index is 0.791.